The molecule has 0 heterocycles. The molecule has 0 fully saturated rings. The predicted octanol–water partition coefficient (Wildman–Crippen LogP) is 2.69. The Bertz CT molecular complexity index is 465. The Labute approximate surface area is 115 Å². The van der Waals surface area contributed by atoms with Crippen LogP contribution < -0.4 is 10.1 Å². The van der Waals surface area contributed by atoms with Crippen molar-refractivity contribution in [2.45, 2.75) is 12.8 Å². The van der Waals surface area contributed by atoms with Crippen LogP contribution in [0.25, 0.3) is 0 Å². The van der Waals surface area contributed by atoms with Crippen LogP contribution in [-0.2, 0) is 4.79 Å². The number of hydrogen-bond acceptors (Lipinski definition) is 5. The Morgan fingerprint density at radius 2 is 2.26 bits per heavy atom. The molecule has 0 aliphatic heterocycles. The van der Waals surface area contributed by atoms with Crippen LogP contribution in [0, 0.1) is 10.1 Å². The van der Waals surface area contributed by atoms with Crippen LogP contribution in [0.2, 0.25) is 0 Å². The van der Waals surface area contributed by atoms with Crippen molar-refractivity contribution >= 4 is 29.0 Å². The number of anilines is 1. The van der Waals surface area contributed by atoms with E-state index in [1.54, 1.807) is 11.8 Å². The van der Waals surface area contributed by atoms with Gasteiger partial charge in [-0.1, -0.05) is 0 Å². The fourth-order valence-electron chi connectivity index (χ4n) is 1.50. The second kappa shape index (κ2) is 7.63. The first-order valence-electron chi connectivity index (χ1n) is 5.69. The molecule has 19 heavy (non-hydrogen) atoms. The predicted molar refractivity (Wildman–Crippen MR) is 75.9 cm³/mol. The number of non-ortho nitro benzene ring substituents is 1. The second-order valence-electron chi connectivity index (χ2n) is 3.79. The minimum atomic E-state index is -0.511. The van der Waals surface area contributed by atoms with Gasteiger partial charge in [0, 0.05) is 18.6 Å². The molecule has 1 aromatic carbocycles. The van der Waals surface area contributed by atoms with Crippen molar-refractivity contribution in [2.24, 2.45) is 0 Å². The number of nitrogens with one attached hydrogen (secondary N) is 1. The standard InChI is InChI=1S/C12H16N2O4S/c1-18-11-6-5-9(14(16)17)8-10(11)13-12(15)4-3-7-19-2/h5-6,8H,3-4,7H2,1-2H3,(H,13,15). The van der Waals surface area contributed by atoms with E-state index in [1.165, 1.54) is 25.3 Å². The molecule has 0 saturated heterocycles. The Hall–Kier alpha value is -1.76. The first kappa shape index (κ1) is 15.3. The normalized spacial score (nSPS) is 10.0. The molecule has 0 spiro atoms. The molecule has 0 aliphatic rings. The van der Waals surface area contributed by atoms with Crippen LogP contribution in [0.3, 0.4) is 0 Å². The number of nitro benzene ring substituents is 1. The van der Waals surface area contributed by atoms with Crippen LogP contribution >= 0.6 is 11.8 Å². The first-order chi connectivity index (χ1) is 9.08. The van der Waals surface area contributed by atoms with Crippen molar-refractivity contribution in [3.05, 3.63) is 28.3 Å². The van der Waals surface area contributed by atoms with Crippen LogP contribution in [0.15, 0.2) is 18.2 Å². The van der Waals surface area contributed by atoms with Gasteiger partial charge >= 0.3 is 0 Å². The number of methoxy groups -OCH3 is 1. The van der Waals surface area contributed by atoms with Crippen molar-refractivity contribution in [2.75, 3.05) is 24.4 Å². The van der Waals surface area contributed by atoms with Crippen molar-refractivity contribution in [3.63, 3.8) is 0 Å². The molecule has 0 unspecified atom stereocenters. The zero-order valence-electron chi connectivity index (χ0n) is 10.8. The van der Waals surface area contributed by atoms with E-state index in [0.717, 1.165) is 12.2 Å². The van der Waals surface area contributed by atoms with Gasteiger partial charge in [-0.25, -0.2) is 0 Å². The maximum Gasteiger partial charge on any atom is 0.271 e. The highest BCUT2D eigenvalue weighted by Crippen LogP contribution is 2.28. The minimum absolute atomic E-state index is 0.0831. The lowest BCUT2D eigenvalue weighted by molar-refractivity contribution is -0.384. The Kier molecular flexibility index (Phi) is 6.14. The molecular formula is C12H16N2O4S. The van der Waals surface area contributed by atoms with Crippen LogP contribution in [0.4, 0.5) is 11.4 Å². The molecule has 1 N–H and O–H groups in total. The van der Waals surface area contributed by atoms with Gasteiger partial charge in [-0.05, 0) is 24.5 Å². The van der Waals surface area contributed by atoms with Crippen molar-refractivity contribution in [3.8, 4) is 5.75 Å². The number of amides is 1. The highest BCUT2D eigenvalue weighted by molar-refractivity contribution is 7.98. The smallest absolute Gasteiger partial charge is 0.271 e. The van der Waals surface area contributed by atoms with Gasteiger partial charge in [-0.3, -0.25) is 14.9 Å². The third-order valence-corrected chi connectivity index (χ3v) is 3.12. The van der Waals surface area contributed by atoms with Gasteiger partial charge in [0.1, 0.15) is 5.75 Å². The summed E-state index contributed by atoms with van der Waals surface area (Å²) in [5.74, 6) is 1.14. The molecular weight excluding hydrogens is 268 g/mol. The number of thioether (sulfide) groups is 1. The summed E-state index contributed by atoms with van der Waals surface area (Å²) in [5, 5.41) is 13.3. The van der Waals surface area contributed by atoms with Crippen molar-refractivity contribution in [1.82, 2.24) is 0 Å². The summed E-state index contributed by atoms with van der Waals surface area (Å²) >= 11 is 1.67. The van der Waals surface area contributed by atoms with Gasteiger partial charge in [-0.2, -0.15) is 11.8 Å². The van der Waals surface area contributed by atoms with E-state index < -0.39 is 4.92 Å². The molecule has 0 atom stereocenters. The molecule has 6 nitrogen and oxygen atoms in total. The molecule has 104 valence electrons. The summed E-state index contributed by atoms with van der Waals surface area (Å²) in [6.07, 6.45) is 3.12. The summed E-state index contributed by atoms with van der Waals surface area (Å²) in [7, 11) is 1.45. The molecule has 1 rings (SSSR count). The molecule has 0 aromatic heterocycles. The number of rotatable bonds is 7. The van der Waals surface area contributed by atoms with E-state index in [9.17, 15) is 14.9 Å². The summed E-state index contributed by atoms with van der Waals surface area (Å²) in [5.41, 5.74) is 0.242. The largest absolute Gasteiger partial charge is 0.495 e. The summed E-state index contributed by atoms with van der Waals surface area (Å²) in [6, 6.07) is 4.10. The Morgan fingerprint density at radius 3 is 2.84 bits per heavy atom. The summed E-state index contributed by atoms with van der Waals surface area (Å²) < 4.78 is 5.07. The number of benzene rings is 1. The van der Waals surface area contributed by atoms with Crippen molar-refractivity contribution < 1.29 is 14.5 Å². The molecule has 0 radical (unpaired) electrons. The van der Waals surface area contributed by atoms with Gasteiger partial charge in [0.15, 0.2) is 0 Å². The molecule has 0 saturated carbocycles. The number of carbonyl (C=O) groups is 1. The second-order valence-corrected chi connectivity index (χ2v) is 4.77. The van der Waals surface area contributed by atoms with Crippen LogP contribution in [0.1, 0.15) is 12.8 Å². The number of carbonyl (C=O) groups excluding carboxylic acids is 1. The highest BCUT2D eigenvalue weighted by Gasteiger charge is 2.13. The lowest BCUT2D eigenvalue weighted by Gasteiger charge is -2.09. The Morgan fingerprint density at radius 1 is 1.53 bits per heavy atom. The van der Waals surface area contributed by atoms with Gasteiger partial charge in [0.05, 0.1) is 17.7 Å². The number of nitrogens with zero attached hydrogens (tertiary/aromatic N) is 1. The number of hydrogen-bond donors (Lipinski definition) is 1. The monoisotopic (exact) mass is 284 g/mol. The zero-order valence-corrected chi connectivity index (χ0v) is 11.7. The van der Waals surface area contributed by atoms with Gasteiger partial charge in [-0.15, -0.1) is 0 Å². The molecule has 7 heteroatoms. The maximum atomic E-state index is 11.7. The van der Waals surface area contributed by atoms with Crippen molar-refractivity contribution in [1.29, 1.82) is 0 Å². The van der Waals surface area contributed by atoms with Crippen LogP contribution in [0.5, 0.6) is 5.75 Å². The molecule has 1 aromatic rings. The lowest BCUT2D eigenvalue weighted by Crippen LogP contribution is -2.12. The average Bonchev–Trinajstić information content (AvgIpc) is 2.38. The summed E-state index contributed by atoms with van der Waals surface area (Å²) in [6.45, 7) is 0. The number of ether oxygens (including phenoxy) is 1. The quantitative estimate of drug-likeness (QED) is 0.473. The van der Waals surface area contributed by atoms with Crippen LogP contribution in [-0.4, -0.2) is 29.9 Å². The lowest BCUT2D eigenvalue weighted by atomic mass is 10.2. The highest BCUT2D eigenvalue weighted by atomic mass is 32.2. The van der Waals surface area contributed by atoms with Gasteiger partial charge in [0.25, 0.3) is 5.69 Å². The van der Waals surface area contributed by atoms with E-state index >= 15 is 0 Å². The molecule has 0 bridgehead atoms. The fourth-order valence-corrected chi connectivity index (χ4v) is 1.93. The van der Waals surface area contributed by atoms with E-state index in [-0.39, 0.29) is 11.6 Å². The third-order valence-electron chi connectivity index (χ3n) is 2.42. The molecule has 1 amide bonds. The zero-order chi connectivity index (χ0) is 14.3. The third kappa shape index (κ3) is 4.78. The van der Waals surface area contributed by atoms with Gasteiger partial charge < -0.3 is 10.1 Å². The molecule has 0 aliphatic carbocycles. The van der Waals surface area contributed by atoms with Gasteiger partial charge in [0.2, 0.25) is 5.91 Å². The number of nitro groups is 1. The first-order valence-corrected chi connectivity index (χ1v) is 7.09. The van der Waals surface area contributed by atoms with E-state index in [4.69, 9.17) is 4.74 Å². The van der Waals surface area contributed by atoms with E-state index in [1.807, 2.05) is 6.26 Å². The minimum Gasteiger partial charge on any atom is -0.495 e. The van der Waals surface area contributed by atoms with E-state index in [2.05, 4.69) is 5.32 Å². The van der Waals surface area contributed by atoms with E-state index in [0.29, 0.717) is 17.9 Å². The summed E-state index contributed by atoms with van der Waals surface area (Å²) in [4.78, 5) is 21.9. The Balaban J connectivity index is 2.77. The topological polar surface area (TPSA) is 81.5 Å². The fraction of sp³-hybridized carbons (Fsp3) is 0.417. The SMILES string of the molecule is COc1ccc([N+](=O)[O-])cc1NC(=O)CCCSC. The maximum absolute atomic E-state index is 11.7. The average molecular weight is 284 g/mol.